The minimum atomic E-state index is -0.504. The fourth-order valence-corrected chi connectivity index (χ4v) is 2.84. The average molecular weight is 337 g/mol. The first-order chi connectivity index (χ1) is 11.0. The zero-order chi connectivity index (χ0) is 16.8. The molecule has 0 spiro atoms. The van der Waals surface area contributed by atoms with Crippen molar-refractivity contribution in [3.63, 3.8) is 0 Å². The second-order valence-corrected chi connectivity index (χ2v) is 5.83. The van der Waals surface area contributed by atoms with Crippen LogP contribution < -0.4 is 15.4 Å². The van der Waals surface area contributed by atoms with Crippen LogP contribution in [0.2, 0.25) is 0 Å². The number of nitro groups is 1. The number of thiocarbonyl (C=S) groups is 1. The van der Waals surface area contributed by atoms with Crippen molar-refractivity contribution in [3.8, 4) is 5.75 Å². The quantitative estimate of drug-likeness (QED) is 0.498. The minimum absolute atomic E-state index is 0.00209. The number of carbonyl (C=O) groups excluding carboxylic acids is 1. The smallest absolute Gasteiger partial charge is 0.273 e. The standard InChI is InChI=1S/C15H19N3O4S/c1-22-13-9-11(18(20)21)7-8-12(13)16-15(23)17-14(19)10-5-3-2-4-6-10/h7-10H,2-6H2,1H3,(H2,16,17,19,23). The maximum absolute atomic E-state index is 12.1. The molecular weight excluding hydrogens is 318 g/mol. The molecule has 1 aliphatic carbocycles. The van der Waals surface area contributed by atoms with E-state index in [1.165, 1.54) is 31.7 Å². The molecule has 1 aromatic rings. The Kier molecular flexibility index (Phi) is 5.86. The maximum Gasteiger partial charge on any atom is 0.273 e. The molecule has 1 saturated carbocycles. The summed E-state index contributed by atoms with van der Waals surface area (Å²) in [6.45, 7) is 0. The van der Waals surface area contributed by atoms with Crippen LogP contribution in [0.5, 0.6) is 5.75 Å². The summed E-state index contributed by atoms with van der Waals surface area (Å²) in [6.07, 6.45) is 5.07. The zero-order valence-corrected chi connectivity index (χ0v) is 13.6. The molecule has 0 radical (unpaired) electrons. The third-order valence-electron chi connectivity index (χ3n) is 3.86. The van der Waals surface area contributed by atoms with Crippen molar-refractivity contribution in [2.75, 3.05) is 12.4 Å². The van der Waals surface area contributed by atoms with Crippen molar-refractivity contribution in [3.05, 3.63) is 28.3 Å². The number of nitro benzene ring substituents is 1. The topological polar surface area (TPSA) is 93.5 Å². The Hall–Kier alpha value is -2.22. The van der Waals surface area contributed by atoms with E-state index in [9.17, 15) is 14.9 Å². The van der Waals surface area contributed by atoms with Crippen LogP contribution in [0.25, 0.3) is 0 Å². The molecule has 124 valence electrons. The van der Waals surface area contributed by atoms with E-state index < -0.39 is 4.92 Å². The molecule has 0 saturated heterocycles. The summed E-state index contributed by atoms with van der Waals surface area (Å²) in [7, 11) is 1.41. The lowest BCUT2D eigenvalue weighted by molar-refractivity contribution is -0.384. The van der Waals surface area contributed by atoms with Crippen molar-refractivity contribution in [1.29, 1.82) is 0 Å². The first-order valence-corrected chi connectivity index (χ1v) is 7.86. The fraction of sp³-hybridized carbons (Fsp3) is 0.467. The molecule has 0 bridgehead atoms. The number of anilines is 1. The van der Waals surface area contributed by atoms with Gasteiger partial charge in [-0.3, -0.25) is 14.9 Å². The van der Waals surface area contributed by atoms with Gasteiger partial charge >= 0.3 is 0 Å². The Labute approximate surface area is 139 Å². The van der Waals surface area contributed by atoms with Crippen molar-refractivity contribution in [1.82, 2.24) is 5.32 Å². The van der Waals surface area contributed by atoms with Crippen LogP contribution in [-0.4, -0.2) is 23.1 Å². The Morgan fingerprint density at radius 1 is 1.35 bits per heavy atom. The van der Waals surface area contributed by atoms with E-state index >= 15 is 0 Å². The van der Waals surface area contributed by atoms with Crippen LogP contribution in [0, 0.1) is 16.0 Å². The molecule has 0 atom stereocenters. The van der Waals surface area contributed by atoms with E-state index in [-0.39, 0.29) is 28.4 Å². The number of methoxy groups -OCH3 is 1. The summed E-state index contributed by atoms with van der Waals surface area (Å²) in [5.74, 6) is 0.207. The molecule has 1 aliphatic rings. The van der Waals surface area contributed by atoms with Gasteiger partial charge in [-0.25, -0.2) is 0 Å². The predicted molar refractivity (Wildman–Crippen MR) is 90.6 cm³/mol. The normalized spacial score (nSPS) is 14.8. The van der Waals surface area contributed by atoms with Crippen molar-refractivity contribution < 1.29 is 14.5 Å². The van der Waals surface area contributed by atoms with Crippen molar-refractivity contribution in [2.24, 2.45) is 5.92 Å². The molecule has 0 aliphatic heterocycles. The van der Waals surface area contributed by atoms with Crippen LogP contribution in [0.3, 0.4) is 0 Å². The number of non-ortho nitro benzene ring substituents is 1. The number of hydrogen-bond donors (Lipinski definition) is 2. The Morgan fingerprint density at radius 2 is 2.04 bits per heavy atom. The lowest BCUT2D eigenvalue weighted by Gasteiger charge is -2.21. The second kappa shape index (κ2) is 7.87. The molecule has 1 aromatic carbocycles. The van der Waals surface area contributed by atoms with Gasteiger partial charge in [0.05, 0.1) is 23.8 Å². The molecule has 8 heteroatoms. The molecule has 0 heterocycles. The van der Waals surface area contributed by atoms with Gasteiger partial charge in [0.15, 0.2) is 5.11 Å². The largest absolute Gasteiger partial charge is 0.494 e. The number of carbonyl (C=O) groups is 1. The van der Waals surface area contributed by atoms with Gasteiger partial charge in [0.25, 0.3) is 5.69 Å². The van der Waals surface area contributed by atoms with Gasteiger partial charge in [-0.1, -0.05) is 19.3 Å². The highest BCUT2D eigenvalue weighted by Gasteiger charge is 2.22. The summed E-state index contributed by atoms with van der Waals surface area (Å²) >= 11 is 5.14. The number of nitrogens with zero attached hydrogens (tertiary/aromatic N) is 1. The molecule has 2 N–H and O–H groups in total. The molecule has 2 rings (SSSR count). The second-order valence-electron chi connectivity index (χ2n) is 5.42. The van der Waals surface area contributed by atoms with Gasteiger partial charge < -0.3 is 15.4 Å². The molecule has 0 unspecified atom stereocenters. The summed E-state index contributed by atoms with van der Waals surface area (Å²) in [5.41, 5.74) is 0.386. The number of amides is 1. The Balaban J connectivity index is 1.99. The van der Waals surface area contributed by atoms with Crippen LogP contribution in [0.4, 0.5) is 11.4 Å². The highest BCUT2D eigenvalue weighted by atomic mass is 32.1. The lowest BCUT2D eigenvalue weighted by Crippen LogP contribution is -2.39. The van der Waals surface area contributed by atoms with Crippen LogP contribution >= 0.6 is 12.2 Å². The molecular formula is C15H19N3O4S. The van der Waals surface area contributed by atoms with Gasteiger partial charge in [0, 0.05) is 12.0 Å². The monoisotopic (exact) mass is 337 g/mol. The lowest BCUT2D eigenvalue weighted by atomic mass is 9.89. The average Bonchev–Trinajstić information content (AvgIpc) is 2.55. The molecule has 7 nitrogen and oxygen atoms in total. The van der Waals surface area contributed by atoms with Gasteiger partial charge in [-0.15, -0.1) is 0 Å². The van der Waals surface area contributed by atoms with Gasteiger partial charge in [0.1, 0.15) is 5.75 Å². The van der Waals surface area contributed by atoms with E-state index in [2.05, 4.69) is 10.6 Å². The van der Waals surface area contributed by atoms with Gasteiger partial charge in [-0.2, -0.15) is 0 Å². The van der Waals surface area contributed by atoms with Crippen molar-refractivity contribution >= 4 is 34.6 Å². The number of nitrogens with one attached hydrogen (secondary N) is 2. The highest BCUT2D eigenvalue weighted by Crippen LogP contribution is 2.29. The zero-order valence-electron chi connectivity index (χ0n) is 12.8. The summed E-state index contributed by atoms with van der Waals surface area (Å²) < 4.78 is 5.12. The first kappa shape index (κ1) is 17.1. The van der Waals surface area contributed by atoms with Crippen LogP contribution in [-0.2, 0) is 4.79 Å². The third kappa shape index (κ3) is 4.62. The van der Waals surface area contributed by atoms with Gasteiger partial charge in [0.2, 0.25) is 5.91 Å². The van der Waals surface area contributed by atoms with Crippen LogP contribution in [0.1, 0.15) is 32.1 Å². The number of ether oxygens (including phenoxy) is 1. The maximum atomic E-state index is 12.1. The van der Waals surface area contributed by atoms with E-state index in [1.54, 1.807) is 0 Å². The summed E-state index contributed by atoms with van der Waals surface area (Å²) in [6, 6.07) is 4.14. The number of rotatable bonds is 4. The van der Waals surface area contributed by atoms with E-state index in [4.69, 9.17) is 17.0 Å². The minimum Gasteiger partial charge on any atom is -0.494 e. The summed E-state index contributed by atoms with van der Waals surface area (Å²) in [5, 5.41) is 16.5. The van der Waals surface area contributed by atoms with Gasteiger partial charge in [-0.05, 0) is 31.1 Å². The van der Waals surface area contributed by atoms with Crippen molar-refractivity contribution in [2.45, 2.75) is 32.1 Å². The number of benzene rings is 1. The van der Waals surface area contributed by atoms with E-state index in [1.807, 2.05) is 0 Å². The highest BCUT2D eigenvalue weighted by molar-refractivity contribution is 7.80. The molecule has 1 fully saturated rings. The molecule has 0 aromatic heterocycles. The fourth-order valence-electron chi connectivity index (χ4n) is 2.63. The number of hydrogen-bond acceptors (Lipinski definition) is 5. The van der Waals surface area contributed by atoms with E-state index in [0.717, 1.165) is 25.7 Å². The molecule has 1 amide bonds. The van der Waals surface area contributed by atoms with E-state index in [0.29, 0.717) is 5.69 Å². The Bertz CT molecular complexity index is 615. The third-order valence-corrected chi connectivity index (χ3v) is 4.06. The first-order valence-electron chi connectivity index (χ1n) is 7.45. The Morgan fingerprint density at radius 3 is 2.65 bits per heavy atom. The van der Waals surface area contributed by atoms with Crippen LogP contribution in [0.15, 0.2) is 18.2 Å². The molecule has 23 heavy (non-hydrogen) atoms. The SMILES string of the molecule is COc1cc([N+](=O)[O-])ccc1NC(=S)NC(=O)C1CCCCC1. The summed E-state index contributed by atoms with van der Waals surface area (Å²) in [4.78, 5) is 22.4. The predicted octanol–water partition coefficient (Wildman–Crippen LogP) is 3.00.